The van der Waals surface area contributed by atoms with Gasteiger partial charge in [-0.25, -0.2) is 4.79 Å². The number of nitro groups is 1. The van der Waals surface area contributed by atoms with Crippen LogP contribution in [0, 0.1) is 10.1 Å². The van der Waals surface area contributed by atoms with Crippen molar-refractivity contribution in [2.45, 2.75) is 26.1 Å². The van der Waals surface area contributed by atoms with Crippen LogP contribution in [-0.4, -0.2) is 36.6 Å². The van der Waals surface area contributed by atoms with E-state index in [4.69, 9.17) is 14.2 Å². The largest absolute Gasteiger partial charge is 0.493 e. The zero-order valence-corrected chi connectivity index (χ0v) is 17.2. The van der Waals surface area contributed by atoms with Gasteiger partial charge in [-0.3, -0.25) is 14.9 Å². The van der Waals surface area contributed by atoms with Gasteiger partial charge in [-0.15, -0.1) is 0 Å². The average Bonchev–Trinajstić information content (AvgIpc) is 2.72. The van der Waals surface area contributed by atoms with E-state index in [-0.39, 0.29) is 18.1 Å². The maximum Gasteiger partial charge on any atom is 0.418 e. The Hall–Kier alpha value is -3.83. The molecule has 0 fully saturated rings. The zero-order chi connectivity index (χ0) is 24.1. The SMILES string of the molecule is CCOc1cc(C(=O)OC(C)C(=O)Nc2ccccc2C(F)(F)F)c([N+](=O)[O-])cc1OC. The number of esters is 1. The smallest absolute Gasteiger partial charge is 0.418 e. The van der Waals surface area contributed by atoms with Crippen molar-refractivity contribution in [1.29, 1.82) is 0 Å². The number of benzene rings is 2. The number of amides is 1. The number of methoxy groups -OCH3 is 1. The minimum absolute atomic E-state index is 0.00430. The van der Waals surface area contributed by atoms with E-state index in [0.29, 0.717) is 0 Å². The molecule has 1 atom stereocenters. The fourth-order valence-electron chi connectivity index (χ4n) is 2.64. The summed E-state index contributed by atoms with van der Waals surface area (Å²) in [5.74, 6) is -2.27. The molecule has 0 saturated carbocycles. The van der Waals surface area contributed by atoms with Gasteiger partial charge < -0.3 is 19.5 Å². The Balaban J connectivity index is 2.26. The molecule has 0 aromatic heterocycles. The summed E-state index contributed by atoms with van der Waals surface area (Å²) in [6.07, 6.45) is -6.29. The molecule has 0 aliphatic rings. The first-order valence-corrected chi connectivity index (χ1v) is 9.16. The fourth-order valence-corrected chi connectivity index (χ4v) is 2.64. The molecule has 12 heteroatoms. The summed E-state index contributed by atoms with van der Waals surface area (Å²) in [4.78, 5) is 35.4. The highest BCUT2D eigenvalue weighted by atomic mass is 19.4. The summed E-state index contributed by atoms with van der Waals surface area (Å²) < 4.78 is 54.5. The van der Waals surface area contributed by atoms with E-state index >= 15 is 0 Å². The maximum absolute atomic E-state index is 13.1. The summed E-state index contributed by atoms with van der Waals surface area (Å²) in [7, 11) is 1.25. The molecule has 0 spiro atoms. The number of hydrogen-bond donors (Lipinski definition) is 1. The number of rotatable bonds is 8. The number of ether oxygens (including phenoxy) is 3. The Morgan fingerprint density at radius 3 is 2.41 bits per heavy atom. The lowest BCUT2D eigenvalue weighted by atomic mass is 10.1. The van der Waals surface area contributed by atoms with Crippen molar-refractivity contribution in [3.8, 4) is 11.5 Å². The van der Waals surface area contributed by atoms with Crippen LogP contribution < -0.4 is 14.8 Å². The topological polar surface area (TPSA) is 117 Å². The molecule has 9 nitrogen and oxygen atoms in total. The number of hydrogen-bond acceptors (Lipinski definition) is 7. The van der Waals surface area contributed by atoms with E-state index in [1.165, 1.54) is 13.2 Å². The minimum atomic E-state index is -4.72. The molecule has 2 rings (SSSR count). The van der Waals surface area contributed by atoms with Gasteiger partial charge >= 0.3 is 12.1 Å². The van der Waals surface area contributed by atoms with Gasteiger partial charge in [-0.1, -0.05) is 12.1 Å². The number of carbonyl (C=O) groups is 2. The number of halogens is 3. The van der Waals surface area contributed by atoms with Crippen molar-refractivity contribution >= 4 is 23.3 Å². The average molecular weight is 456 g/mol. The first-order chi connectivity index (χ1) is 15.0. The van der Waals surface area contributed by atoms with Gasteiger partial charge in [0.15, 0.2) is 17.6 Å². The second kappa shape index (κ2) is 9.98. The predicted octanol–water partition coefficient (Wildman–Crippen LogP) is 4.20. The van der Waals surface area contributed by atoms with Gasteiger partial charge in [0.1, 0.15) is 5.56 Å². The quantitative estimate of drug-likeness (QED) is 0.359. The van der Waals surface area contributed by atoms with Crippen LogP contribution in [0.3, 0.4) is 0 Å². The van der Waals surface area contributed by atoms with Crippen molar-refractivity contribution in [1.82, 2.24) is 0 Å². The van der Waals surface area contributed by atoms with E-state index in [1.807, 2.05) is 5.32 Å². The van der Waals surface area contributed by atoms with Crippen molar-refractivity contribution in [3.05, 3.63) is 57.6 Å². The summed E-state index contributed by atoms with van der Waals surface area (Å²) in [6.45, 7) is 2.92. The molecule has 2 aromatic carbocycles. The van der Waals surface area contributed by atoms with E-state index in [9.17, 15) is 32.9 Å². The number of nitro benzene ring substituents is 1. The molecule has 1 amide bonds. The van der Waals surface area contributed by atoms with Crippen LogP contribution in [0.2, 0.25) is 0 Å². The van der Waals surface area contributed by atoms with Gasteiger partial charge in [0.05, 0.1) is 36.0 Å². The second-order valence-electron chi connectivity index (χ2n) is 6.29. The number of carbonyl (C=O) groups excluding carboxylic acids is 2. The lowest BCUT2D eigenvalue weighted by Crippen LogP contribution is -2.31. The maximum atomic E-state index is 13.1. The number of anilines is 1. The van der Waals surface area contributed by atoms with E-state index < -0.39 is 51.6 Å². The zero-order valence-electron chi connectivity index (χ0n) is 17.2. The van der Waals surface area contributed by atoms with Gasteiger partial charge in [0, 0.05) is 6.07 Å². The van der Waals surface area contributed by atoms with E-state index in [1.54, 1.807) is 6.92 Å². The van der Waals surface area contributed by atoms with Crippen molar-refractivity contribution < 1.29 is 41.9 Å². The summed E-state index contributed by atoms with van der Waals surface area (Å²) in [5, 5.41) is 13.4. The highest BCUT2D eigenvalue weighted by molar-refractivity contribution is 5.99. The Labute approximate surface area is 180 Å². The minimum Gasteiger partial charge on any atom is -0.493 e. The summed E-state index contributed by atoms with van der Waals surface area (Å²) >= 11 is 0. The lowest BCUT2D eigenvalue weighted by molar-refractivity contribution is -0.385. The first kappa shape index (κ1) is 24.4. The van der Waals surface area contributed by atoms with Crippen LogP contribution in [0.25, 0.3) is 0 Å². The number of alkyl halides is 3. The molecular formula is C20H19F3N2O7. The molecular weight excluding hydrogens is 437 g/mol. The van der Waals surface area contributed by atoms with Crippen LogP contribution in [0.4, 0.5) is 24.5 Å². The lowest BCUT2D eigenvalue weighted by Gasteiger charge is -2.17. The second-order valence-corrected chi connectivity index (χ2v) is 6.29. The van der Waals surface area contributed by atoms with Crippen LogP contribution in [0.1, 0.15) is 29.8 Å². The third-order valence-electron chi connectivity index (χ3n) is 4.14. The standard InChI is InChI=1S/C20H19F3N2O7/c1-4-31-17-9-12(15(25(28)29)10-16(17)30-3)19(27)32-11(2)18(26)24-14-8-6-5-7-13(14)20(21,22)23/h5-11H,4H2,1-3H3,(H,24,26). The van der Waals surface area contributed by atoms with Gasteiger partial charge in [-0.05, 0) is 26.0 Å². The molecule has 32 heavy (non-hydrogen) atoms. The molecule has 0 radical (unpaired) electrons. The van der Waals surface area contributed by atoms with Crippen LogP contribution in [0.5, 0.6) is 11.5 Å². The van der Waals surface area contributed by atoms with Crippen LogP contribution in [0.15, 0.2) is 36.4 Å². The molecule has 172 valence electrons. The third-order valence-corrected chi connectivity index (χ3v) is 4.14. The molecule has 1 N–H and O–H groups in total. The molecule has 2 aromatic rings. The molecule has 0 heterocycles. The predicted molar refractivity (Wildman–Crippen MR) is 106 cm³/mol. The normalized spacial score (nSPS) is 11.9. The monoisotopic (exact) mass is 456 g/mol. The molecule has 0 aliphatic carbocycles. The van der Waals surface area contributed by atoms with Gasteiger partial charge in [0.2, 0.25) is 0 Å². The highest BCUT2D eigenvalue weighted by Gasteiger charge is 2.34. The Kier molecular flexibility index (Phi) is 7.63. The van der Waals surface area contributed by atoms with Crippen LogP contribution >= 0.6 is 0 Å². The van der Waals surface area contributed by atoms with Crippen molar-refractivity contribution in [2.24, 2.45) is 0 Å². The molecule has 1 unspecified atom stereocenters. The fraction of sp³-hybridized carbons (Fsp3) is 0.300. The number of nitrogens with one attached hydrogen (secondary N) is 1. The molecule has 0 aliphatic heterocycles. The Morgan fingerprint density at radius 2 is 1.84 bits per heavy atom. The van der Waals surface area contributed by atoms with Crippen LogP contribution in [-0.2, 0) is 15.7 Å². The molecule has 0 bridgehead atoms. The first-order valence-electron chi connectivity index (χ1n) is 9.16. The van der Waals surface area contributed by atoms with Gasteiger partial charge in [0.25, 0.3) is 11.6 Å². The molecule has 0 saturated heterocycles. The number of para-hydroxylation sites is 1. The Morgan fingerprint density at radius 1 is 1.19 bits per heavy atom. The summed E-state index contributed by atoms with van der Waals surface area (Å²) in [5.41, 5.74) is -2.79. The number of nitrogens with zero attached hydrogens (tertiary/aromatic N) is 1. The van der Waals surface area contributed by atoms with Crippen molar-refractivity contribution in [2.75, 3.05) is 19.0 Å². The highest BCUT2D eigenvalue weighted by Crippen LogP contribution is 2.36. The van der Waals surface area contributed by atoms with E-state index in [0.717, 1.165) is 37.3 Å². The third kappa shape index (κ3) is 5.65. The summed E-state index contributed by atoms with van der Waals surface area (Å²) in [6, 6.07) is 6.26. The van der Waals surface area contributed by atoms with Crippen molar-refractivity contribution in [3.63, 3.8) is 0 Å². The van der Waals surface area contributed by atoms with Gasteiger partial charge in [-0.2, -0.15) is 13.2 Å². The Bertz CT molecular complexity index is 1020. The van der Waals surface area contributed by atoms with E-state index in [2.05, 4.69) is 0 Å².